The minimum absolute atomic E-state index is 0.0185. The van der Waals surface area contributed by atoms with Gasteiger partial charge in [0.05, 0.1) is 23.4 Å². The maximum Gasteiger partial charge on any atom is 0.251 e. The van der Waals surface area contributed by atoms with E-state index in [0.29, 0.717) is 5.56 Å². The van der Waals surface area contributed by atoms with Gasteiger partial charge in [-0.3, -0.25) is 4.79 Å². The Morgan fingerprint density at radius 1 is 1.42 bits per heavy atom. The average molecular weight is 271 g/mol. The van der Waals surface area contributed by atoms with Crippen LogP contribution in [0.4, 0.5) is 0 Å². The summed E-state index contributed by atoms with van der Waals surface area (Å²) in [5.41, 5.74) is 2.37. The molecular formula is C14H13N3OS. The summed E-state index contributed by atoms with van der Waals surface area (Å²) in [7, 11) is 0. The first-order valence-electron chi connectivity index (χ1n) is 6.01. The third-order valence-electron chi connectivity index (χ3n) is 3.00. The first-order valence-corrected chi connectivity index (χ1v) is 6.89. The average Bonchev–Trinajstić information content (AvgIpc) is 3.09. The number of thiophene rings is 1. The van der Waals surface area contributed by atoms with Crippen LogP contribution in [-0.2, 0) is 0 Å². The standard InChI is InChI=1S/C14H13N3OS/c1-9(13-3-2-6-19-13)17-14(18)10-4-5-11-12(7-10)16-8-15-11/h2-9H,1H3,(H,15,16)(H,17,18)/t9-/m1/s1. The fraction of sp³-hybridized carbons (Fsp3) is 0.143. The number of hydrogen-bond donors (Lipinski definition) is 2. The van der Waals surface area contributed by atoms with Crippen molar-refractivity contribution >= 4 is 28.3 Å². The van der Waals surface area contributed by atoms with E-state index >= 15 is 0 Å². The molecule has 0 bridgehead atoms. The maximum absolute atomic E-state index is 12.2. The van der Waals surface area contributed by atoms with Crippen molar-refractivity contribution in [3.63, 3.8) is 0 Å². The lowest BCUT2D eigenvalue weighted by atomic mass is 10.1. The van der Waals surface area contributed by atoms with Gasteiger partial charge in [0, 0.05) is 10.4 Å². The van der Waals surface area contributed by atoms with Gasteiger partial charge < -0.3 is 10.3 Å². The largest absolute Gasteiger partial charge is 0.345 e. The van der Waals surface area contributed by atoms with Gasteiger partial charge in [0.25, 0.3) is 5.91 Å². The minimum atomic E-state index is -0.0719. The van der Waals surface area contributed by atoms with Crippen LogP contribution in [0.15, 0.2) is 42.0 Å². The van der Waals surface area contributed by atoms with Crippen LogP contribution in [0, 0.1) is 0 Å². The number of H-pyrrole nitrogens is 1. The molecule has 0 aliphatic heterocycles. The van der Waals surface area contributed by atoms with E-state index in [2.05, 4.69) is 15.3 Å². The summed E-state index contributed by atoms with van der Waals surface area (Å²) >= 11 is 1.64. The van der Waals surface area contributed by atoms with Crippen LogP contribution < -0.4 is 5.32 Å². The number of carbonyl (C=O) groups is 1. The number of nitrogens with zero attached hydrogens (tertiary/aromatic N) is 1. The van der Waals surface area contributed by atoms with Gasteiger partial charge in [0.2, 0.25) is 0 Å². The molecule has 5 heteroatoms. The number of aromatic amines is 1. The zero-order valence-corrected chi connectivity index (χ0v) is 11.2. The highest BCUT2D eigenvalue weighted by atomic mass is 32.1. The maximum atomic E-state index is 12.2. The van der Waals surface area contributed by atoms with Gasteiger partial charge in [-0.25, -0.2) is 4.98 Å². The molecule has 1 amide bonds. The topological polar surface area (TPSA) is 57.8 Å². The zero-order valence-electron chi connectivity index (χ0n) is 10.4. The van der Waals surface area contributed by atoms with Crippen molar-refractivity contribution < 1.29 is 4.79 Å². The molecule has 2 aromatic heterocycles. The van der Waals surface area contributed by atoms with Crippen LogP contribution in [0.3, 0.4) is 0 Å². The third kappa shape index (κ3) is 2.37. The smallest absolute Gasteiger partial charge is 0.251 e. The number of amides is 1. The van der Waals surface area contributed by atoms with Crippen LogP contribution in [0.1, 0.15) is 28.2 Å². The summed E-state index contributed by atoms with van der Waals surface area (Å²) in [5, 5.41) is 5.00. The lowest BCUT2D eigenvalue weighted by Gasteiger charge is -2.12. The molecule has 3 aromatic rings. The monoisotopic (exact) mass is 271 g/mol. The number of fused-ring (bicyclic) bond motifs is 1. The fourth-order valence-corrected chi connectivity index (χ4v) is 2.70. The molecule has 0 unspecified atom stereocenters. The molecule has 0 radical (unpaired) electrons. The molecule has 0 saturated carbocycles. The third-order valence-corrected chi connectivity index (χ3v) is 4.06. The van der Waals surface area contributed by atoms with E-state index in [1.807, 2.05) is 36.6 Å². The van der Waals surface area contributed by atoms with Gasteiger partial charge in [-0.2, -0.15) is 0 Å². The summed E-state index contributed by atoms with van der Waals surface area (Å²) in [6.45, 7) is 1.98. The second-order valence-corrected chi connectivity index (χ2v) is 5.32. The van der Waals surface area contributed by atoms with E-state index in [0.717, 1.165) is 15.9 Å². The van der Waals surface area contributed by atoms with Gasteiger partial charge >= 0.3 is 0 Å². The Kier molecular flexibility index (Phi) is 3.05. The Morgan fingerprint density at radius 3 is 3.11 bits per heavy atom. The molecule has 2 N–H and O–H groups in total. The zero-order chi connectivity index (χ0) is 13.2. The summed E-state index contributed by atoms with van der Waals surface area (Å²) in [4.78, 5) is 20.5. The number of benzene rings is 1. The molecule has 3 rings (SSSR count). The minimum Gasteiger partial charge on any atom is -0.345 e. The predicted octanol–water partition coefficient (Wildman–Crippen LogP) is 3.12. The Hall–Kier alpha value is -2.14. The molecule has 1 aromatic carbocycles. The Bertz CT molecular complexity index is 702. The number of hydrogen-bond acceptors (Lipinski definition) is 3. The van der Waals surface area contributed by atoms with E-state index in [1.165, 1.54) is 0 Å². The molecule has 1 atom stereocenters. The van der Waals surface area contributed by atoms with Gasteiger partial charge in [-0.1, -0.05) is 6.07 Å². The summed E-state index contributed by atoms with van der Waals surface area (Å²) in [6.07, 6.45) is 1.63. The number of rotatable bonds is 3. The fourth-order valence-electron chi connectivity index (χ4n) is 1.97. The predicted molar refractivity (Wildman–Crippen MR) is 76.3 cm³/mol. The summed E-state index contributed by atoms with van der Waals surface area (Å²) < 4.78 is 0. The Morgan fingerprint density at radius 2 is 2.32 bits per heavy atom. The molecule has 0 spiro atoms. The van der Waals surface area contributed by atoms with Crippen molar-refractivity contribution in [3.8, 4) is 0 Å². The van der Waals surface area contributed by atoms with Gasteiger partial charge in [0.15, 0.2) is 0 Å². The van der Waals surface area contributed by atoms with Crippen molar-refractivity contribution in [1.82, 2.24) is 15.3 Å². The molecule has 2 heterocycles. The van der Waals surface area contributed by atoms with E-state index in [1.54, 1.807) is 23.7 Å². The highest BCUT2D eigenvalue weighted by molar-refractivity contribution is 7.10. The first kappa shape index (κ1) is 11.9. The SMILES string of the molecule is C[C@@H](NC(=O)c1ccc2nc[nH]c2c1)c1cccs1. The normalized spacial score (nSPS) is 12.5. The molecular weight excluding hydrogens is 258 g/mol. The van der Waals surface area contributed by atoms with Crippen molar-refractivity contribution in [2.45, 2.75) is 13.0 Å². The van der Waals surface area contributed by atoms with E-state index in [4.69, 9.17) is 0 Å². The highest BCUT2D eigenvalue weighted by Crippen LogP contribution is 2.19. The number of nitrogens with one attached hydrogen (secondary N) is 2. The van der Waals surface area contributed by atoms with Crippen molar-refractivity contribution in [2.24, 2.45) is 0 Å². The molecule has 0 aliphatic carbocycles. The summed E-state index contributed by atoms with van der Waals surface area (Å²) in [5.74, 6) is -0.0719. The Balaban J connectivity index is 1.79. The second kappa shape index (κ2) is 4.85. The number of carbonyl (C=O) groups excluding carboxylic acids is 1. The van der Waals surface area contributed by atoms with Crippen LogP contribution >= 0.6 is 11.3 Å². The lowest BCUT2D eigenvalue weighted by Crippen LogP contribution is -2.26. The van der Waals surface area contributed by atoms with E-state index in [-0.39, 0.29) is 11.9 Å². The summed E-state index contributed by atoms with van der Waals surface area (Å²) in [6, 6.07) is 9.48. The number of aromatic nitrogens is 2. The quantitative estimate of drug-likeness (QED) is 0.769. The van der Waals surface area contributed by atoms with Crippen molar-refractivity contribution in [1.29, 1.82) is 0 Å². The van der Waals surface area contributed by atoms with Crippen LogP contribution in [-0.4, -0.2) is 15.9 Å². The molecule has 0 fully saturated rings. The van der Waals surface area contributed by atoms with E-state index < -0.39 is 0 Å². The lowest BCUT2D eigenvalue weighted by molar-refractivity contribution is 0.0940. The number of imidazole rings is 1. The molecule has 0 saturated heterocycles. The van der Waals surface area contributed by atoms with Gasteiger partial charge in [0.1, 0.15) is 0 Å². The molecule has 96 valence electrons. The Labute approximate surface area is 114 Å². The molecule has 19 heavy (non-hydrogen) atoms. The molecule has 0 aliphatic rings. The van der Waals surface area contributed by atoms with Gasteiger partial charge in [-0.05, 0) is 36.6 Å². The van der Waals surface area contributed by atoms with Gasteiger partial charge in [-0.15, -0.1) is 11.3 Å². The first-order chi connectivity index (χ1) is 9.24. The second-order valence-electron chi connectivity index (χ2n) is 4.35. The van der Waals surface area contributed by atoms with Crippen LogP contribution in [0.2, 0.25) is 0 Å². The van der Waals surface area contributed by atoms with Crippen molar-refractivity contribution in [2.75, 3.05) is 0 Å². The van der Waals surface area contributed by atoms with E-state index in [9.17, 15) is 4.79 Å². The van der Waals surface area contributed by atoms with Crippen LogP contribution in [0.5, 0.6) is 0 Å². The highest BCUT2D eigenvalue weighted by Gasteiger charge is 2.12. The molecule has 4 nitrogen and oxygen atoms in total. The van der Waals surface area contributed by atoms with Crippen LogP contribution in [0.25, 0.3) is 11.0 Å². The van der Waals surface area contributed by atoms with Crippen molar-refractivity contribution in [3.05, 3.63) is 52.5 Å².